The van der Waals surface area contributed by atoms with Gasteiger partial charge in [0.2, 0.25) is 0 Å². The second-order valence-electron chi connectivity index (χ2n) is 11.9. The van der Waals surface area contributed by atoms with Gasteiger partial charge in [-0.1, -0.05) is 117 Å². The van der Waals surface area contributed by atoms with Crippen molar-refractivity contribution in [2.24, 2.45) is 5.92 Å². The van der Waals surface area contributed by atoms with Crippen LogP contribution in [0, 0.1) is 5.92 Å². The molecule has 6 rings (SSSR count). The van der Waals surface area contributed by atoms with Crippen LogP contribution in [0.15, 0.2) is 109 Å². The van der Waals surface area contributed by atoms with E-state index in [1.165, 1.54) is 60.8 Å². The number of hydrogen-bond donors (Lipinski definition) is 0. The number of carbonyl (C=O) groups excluding carboxylic acids is 1. The van der Waals surface area contributed by atoms with Crippen molar-refractivity contribution in [3.63, 3.8) is 0 Å². The monoisotopic (exact) mass is 543 g/mol. The van der Waals surface area contributed by atoms with Crippen LogP contribution in [-0.2, 0) is 4.74 Å². The zero-order chi connectivity index (χ0) is 28.0. The number of ether oxygens (including phenoxy) is 1. The molecule has 1 saturated carbocycles. The fourth-order valence-electron chi connectivity index (χ4n) is 6.80. The largest absolute Gasteiger partial charge is 0.456 e. The Bertz CT molecular complexity index is 1350. The van der Waals surface area contributed by atoms with Crippen LogP contribution in [0.3, 0.4) is 0 Å². The predicted octanol–water partition coefficient (Wildman–Crippen LogP) is 9.06. The Balaban J connectivity index is 1.03. The summed E-state index contributed by atoms with van der Waals surface area (Å²) in [4.78, 5) is 15.3. The summed E-state index contributed by atoms with van der Waals surface area (Å²) in [7, 11) is 0. The highest BCUT2D eigenvalue weighted by Crippen LogP contribution is 2.38. The zero-order valence-corrected chi connectivity index (χ0v) is 24.1. The Morgan fingerprint density at radius 1 is 0.732 bits per heavy atom. The Kier molecular flexibility index (Phi) is 8.63. The molecule has 3 heteroatoms. The number of hydrogen-bond acceptors (Lipinski definition) is 3. The highest BCUT2D eigenvalue weighted by molar-refractivity contribution is 5.90. The van der Waals surface area contributed by atoms with Crippen LogP contribution in [0.25, 0.3) is 11.1 Å². The molecule has 1 saturated heterocycles. The molecule has 2 fully saturated rings. The minimum Gasteiger partial charge on any atom is -0.456 e. The van der Waals surface area contributed by atoms with Crippen molar-refractivity contribution in [2.45, 2.75) is 63.5 Å². The summed E-state index contributed by atoms with van der Waals surface area (Å²) < 4.78 is 5.90. The maximum atomic E-state index is 13.0. The highest BCUT2D eigenvalue weighted by Gasteiger charge is 2.36. The lowest BCUT2D eigenvalue weighted by Gasteiger charge is -2.44. The summed E-state index contributed by atoms with van der Waals surface area (Å²) >= 11 is 0. The van der Waals surface area contributed by atoms with E-state index in [0.29, 0.717) is 11.5 Å². The second kappa shape index (κ2) is 12.9. The SMILES string of the molecule is CCCC1CCC(c2ccc(-c3ccc(C(=O)OC4CN(C(c5ccccc5)c5ccccc5)C4)cc3)cc2)CC1. The molecule has 1 aliphatic carbocycles. The third kappa shape index (κ3) is 6.47. The Morgan fingerprint density at radius 3 is 1.80 bits per heavy atom. The molecule has 2 aliphatic rings. The van der Waals surface area contributed by atoms with Crippen LogP contribution in [-0.4, -0.2) is 30.1 Å². The van der Waals surface area contributed by atoms with Gasteiger partial charge >= 0.3 is 5.97 Å². The van der Waals surface area contributed by atoms with Crippen molar-refractivity contribution in [1.82, 2.24) is 4.90 Å². The fraction of sp³-hybridized carbons (Fsp3) is 0.342. The van der Waals surface area contributed by atoms with Crippen molar-refractivity contribution in [3.05, 3.63) is 131 Å². The van der Waals surface area contributed by atoms with E-state index in [-0.39, 0.29) is 18.1 Å². The van der Waals surface area contributed by atoms with Crippen molar-refractivity contribution in [3.8, 4) is 11.1 Å². The predicted molar refractivity (Wildman–Crippen MR) is 167 cm³/mol. The number of benzene rings is 4. The Morgan fingerprint density at radius 2 is 1.27 bits per heavy atom. The van der Waals surface area contributed by atoms with E-state index in [1.807, 2.05) is 36.4 Å². The van der Waals surface area contributed by atoms with Crippen LogP contribution in [0.4, 0.5) is 0 Å². The van der Waals surface area contributed by atoms with Gasteiger partial charge in [0, 0.05) is 13.1 Å². The molecule has 0 atom stereocenters. The molecule has 1 aliphatic heterocycles. The Labute approximate surface area is 245 Å². The quantitative estimate of drug-likeness (QED) is 0.197. The average Bonchev–Trinajstić information content (AvgIpc) is 3.02. The summed E-state index contributed by atoms with van der Waals surface area (Å²) in [6.45, 7) is 3.76. The van der Waals surface area contributed by atoms with Crippen LogP contribution < -0.4 is 0 Å². The number of nitrogens with zero attached hydrogens (tertiary/aromatic N) is 1. The third-order valence-electron chi connectivity index (χ3n) is 9.13. The minimum absolute atomic E-state index is 0.0957. The van der Waals surface area contributed by atoms with E-state index in [1.54, 1.807) is 0 Å². The van der Waals surface area contributed by atoms with Crippen LogP contribution in [0.5, 0.6) is 0 Å². The summed E-state index contributed by atoms with van der Waals surface area (Å²) in [5.74, 6) is 1.39. The highest BCUT2D eigenvalue weighted by atomic mass is 16.5. The van der Waals surface area contributed by atoms with Crippen molar-refractivity contribution < 1.29 is 9.53 Å². The molecule has 0 unspecified atom stereocenters. The number of esters is 1. The van der Waals surface area contributed by atoms with Gasteiger partial charge in [-0.15, -0.1) is 0 Å². The molecular weight excluding hydrogens is 502 g/mol. The first-order chi connectivity index (χ1) is 20.2. The Hall–Kier alpha value is -3.69. The summed E-state index contributed by atoms with van der Waals surface area (Å²) in [6, 6.07) is 38.2. The molecule has 3 nitrogen and oxygen atoms in total. The molecular formula is C38H41NO2. The number of likely N-dealkylation sites (tertiary alicyclic amines) is 1. The van der Waals surface area contributed by atoms with E-state index in [4.69, 9.17) is 4.74 Å². The molecule has 4 aromatic carbocycles. The molecule has 0 bridgehead atoms. The van der Waals surface area contributed by atoms with Crippen LogP contribution in [0.2, 0.25) is 0 Å². The number of carbonyl (C=O) groups is 1. The summed E-state index contributed by atoms with van der Waals surface area (Å²) in [5.41, 5.74) is 6.91. The van der Waals surface area contributed by atoms with Gasteiger partial charge in [-0.2, -0.15) is 0 Å². The first-order valence-electron chi connectivity index (χ1n) is 15.4. The maximum absolute atomic E-state index is 13.0. The smallest absolute Gasteiger partial charge is 0.338 e. The molecule has 41 heavy (non-hydrogen) atoms. The minimum atomic E-state index is -0.244. The topological polar surface area (TPSA) is 29.5 Å². The molecule has 1 heterocycles. The molecule has 210 valence electrons. The standard InChI is InChI=1S/C38H41NO2/c1-2-9-28-14-16-29(17-15-28)30-18-20-31(21-19-30)32-22-24-35(25-23-32)38(40)41-36-26-39(27-36)37(33-10-5-3-6-11-33)34-12-7-4-8-13-34/h3-8,10-13,18-25,28-29,36-37H,2,9,14-17,26-27H2,1H3. The molecule has 0 radical (unpaired) electrons. The van der Waals surface area contributed by atoms with Gasteiger partial charge in [-0.05, 0) is 77.5 Å². The second-order valence-corrected chi connectivity index (χ2v) is 11.9. The molecule has 0 aromatic heterocycles. The molecule has 4 aromatic rings. The third-order valence-corrected chi connectivity index (χ3v) is 9.13. The normalized spacial score (nSPS) is 19.6. The van der Waals surface area contributed by atoms with Gasteiger partial charge < -0.3 is 4.74 Å². The lowest BCUT2D eigenvalue weighted by atomic mass is 9.77. The van der Waals surface area contributed by atoms with Crippen LogP contribution in [0.1, 0.15) is 84.5 Å². The van der Waals surface area contributed by atoms with E-state index in [0.717, 1.165) is 24.6 Å². The van der Waals surface area contributed by atoms with Gasteiger partial charge in [0.05, 0.1) is 11.6 Å². The molecule has 0 N–H and O–H groups in total. The first kappa shape index (κ1) is 27.5. The van der Waals surface area contributed by atoms with E-state index < -0.39 is 0 Å². The lowest BCUT2D eigenvalue weighted by Crippen LogP contribution is -2.54. The lowest BCUT2D eigenvalue weighted by molar-refractivity contribution is -0.0419. The molecule has 0 amide bonds. The van der Waals surface area contributed by atoms with Crippen molar-refractivity contribution >= 4 is 5.97 Å². The van der Waals surface area contributed by atoms with Gasteiger partial charge in [-0.3, -0.25) is 4.90 Å². The van der Waals surface area contributed by atoms with Crippen molar-refractivity contribution in [1.29, 1.82) is 0 Å². The first-order valence-corrected chi connectivity index (χ1v) is 15.4. The average molecular weight is 544 g/mol. The van der Waals surface area contributed by atoms with E-state index in [9.17, 15) is 4.79 Å². The van der Waals surface area contributed by atoms with Crippen molar-refractivity contribution in [2.75, 3.05) is 13.1 Å². The van der Waals surface area contributed by atoms with E-state index >= 15 is 0 Å². The summed E-state index contributed by atoms with van der Waals surface area (Å²) in [5, 5.41) is 0. The maximum Gasteiger partial charge on any atom is 0.338 e. The van der Waals surface area contributed by atoms with Crippen LogP contribution >= 0.6 is 0 Å². The van der Waals surface area contributed by atoms with Gasteiger partial charge in [0.1, 0.15) is 6.10 Å². The van der Waals surface area contributed by atoms with E-state index in [2.05, 4.69) is 84.6 Å². The number of rotatable bonds is 9. The molecule has 0 spiro atoms. The zero-order valence-electron chi connectivity index (χ0n) is 24.1. The fourth-order valence-corrected chi connectivity index (χ4v) is 6.80. The van der Waals surface area contributed by atoms with Gasteiger partial charge in [0.15, 0.2) is 0 Å². The van der Waals surface area contributed by atoms with Gasteiger partial charge in [0.25, 0.3) is 0 Å². The summed E-state index contributed by atoms with van der Waals surface area (Å²) in [6.07, 6.45) is 7.98. The van der Waals surface area contributed by atoms with Gasteiger partial charge in [-0.25, -0.2) is 4.79 Å².